The molecule has 1 fully saturated rings. The highest BCUT2D eigenvalue weighted by Crippen LogP contribution is 2.35. The summed E-state index contributed by atoms with van der Waals surface area (Å²) in [6.07, 6.45) is 2.79. The van der Waals surface area contributed by atoms with Crippen LogP contribution in [0.4, 0.5) is 5.69 Å². The van der Waals surface area contributed by atoms with E-state index in [0.717, 1.165) is 31.5 Å². The Morgan fingerprint density at radius 3 is 2.75 bits per heavy atom. The number of carbonyl (C=O) groups is 1. The fraction of sp³-hybridized carbons (Fsp3) is 0.588. The van der Waals surface area contributed by atoms with Gasteiger partial charge in [0.2, 0.25) is 0 Å². The summed E-state index contributed by atoms with van der Waals surface area (Å²) in [6.45, 7) is 7.27. The molecule has 1 aliphatic rings. The Hall–Kier alpha value is -1.51. The van der Waals surface area contributed by atoms with Gasteiger partial charge in [-0.25, -0.2) is 0 Å². The molecule has 3 unspecified atom stereocenters. The molecule has 3 atom stereocenters. The van der Waals surface area contributed by atoms with Crippen molar-refractivity contribution in [2.24, 2.45) is 11.8 Å². The van der Waals surface area contributed by atoms with Crippen LogP contribution in [-0.2, 0) is 4.79 Å². The summed E-state index contributed by atoms with van der Waals surface area (Å²) in [4.78, 5) is 13.8. The molecule has 2 rings (SSSR count). The molecule has 20 heavy (non-hydrogen) atoms. The maximum atomic E-state index is 11.6. The number of aliphatic carboxylic acids is 1. The lowest BCUT2D eigenvalue weighted by molar-refractivity contribution is -0.143. The van der Waals surface area contributed by atoms with E-state index in [4.69, 9.17) is 0 Å². The van der Waals surface area contributed by atoms with E-state index in [1.54, 1.807) is 0 Å². The minimum absolute atomic E-state index is 0.114. The Kier molecular flexibility index (Phi) is 4.69. The predicted molar refractivity (Wildman–Crippen MR) is 82.1 cm³/mol. The van der Waals surface area contributed by atoms with Crippen molar-refractivity contribution in [3.8, 4) is 0 Å². The van der Waals surface area contributed by atoms with E-state index in [-0.39, 0.29) is 12.0 Å². The molecule has 1 aromatic carbocycles. The van der Waals surface area contributed by atoms with E-state index >= 15 is 0 Å². The molecule has 0 heterocycles. The first-order chi connectivity index (χ1) is 9.52. The van der Waals surface area contributed by atoms with Gasteiger partial charge in [-0.15, -0.1) is 0 Å². The zero-order valence-corrected chi connectivity index (χ0v) is 12.7. The van der Waals surface area contributed by atoms with Gasteiger partial charge in [0.1, 0.15) is 0 Å². The van der Waals surface area contributed by atoms with Crippen molar-refractivity contribution in [3.05, 3.63) is 29.8 Å². The second kappa shape index (κ2) is 6.29. The lowest BCUT2D eigenvalue weighted by Gasteiger charge is -2.41. The van der Waals surface area contributed by atoms with Crippen molar-refractivity contribution < 1.29 is 9.90 Å². The molecule has 0 saturated heterocycles. The third kappa shape index (κ3) is 3.14. The van der Waals surface area contributed by atoms with Crippen LogP contribution in [0.15, 0.2) is 24.3 Å². The Bertz CT molecular complexity index is 472. The number of hydrogen-bond donors (Lipinski definition) is 1. The number of anilines is 1. The van der Waals surface area contributed by atoms with Crippen LogP contribution in [0.3, 0.4) is 0 Å². The van der Waals surface area contributed by atoms with Crippen LogP contribution in [0, 0.1) is 18.8 Å². The average molecular weight is 275 g/mol. The van der Waals surface area contributed by atoms with Crippen LogP contribution in [0.2, 0.25) is 0 Å². The third-order valence-corrected chi connectivity index (χ3v) is 4.47. The van der Waals surface area contributed by atoms with Crippen molar-refractivity contribution in [3.63, 3.8) is 0 Å². The van der Waals surface area contributed by atoms with Crippen molar-refractivity contribution in [1.82, 2.24) is 0 Å². The number of nitrogens with zero attached hydrogens (tertiary/aromatic N) is 1. The van der Waals surface area contributed by atoms with Gasteiger partial charge in [0.25, 0.3) is 0 Å². The average Bonchev–Trinajstić information content (AvgIpc) is 2.39. The number of carboxylic acids is 1. The first kappa shape index (κ1) is 14.9. The molecule has 110 valence electrons. The van der Waals surface area contributed by atoms with Gasteiger partial charge >= 0.3 is 5.97 Å². The monoisotopic (exact) mass is 275 g/mol. The van der Waals surface area contributed by atoms with Gasteiger partial charge in [0.15, 0.2) is 0 Å². The predicted octanol–water partition coefficient (Wildman–Crippen LogP) is 3.71. The third-order valence-electron chi connectivity index (χ3n) is 4.47. The molecule has 0 aliphatic heterocycles. The van der Waals surface area contributed by atoms with Crippen molar-refractivity contribution >= 4 is 11.7 Å². The van der Waals surface area contributed by atoms with E-state index in [2.05, 4.69) is 49.9 Å². The summed E-state index contributed by atoms with van der Waals surface area (Å²) in [5.41, 5.74) is 2.37. The van der Waals surface area contributed by atoms with Gasteiger partial charge in [0.05, 0.1) is 5.92 Å². The van der Waals surface area contributed by atoms with Gasteiger partial charge in [-0.2, -0.15) is 0 Å². The Morgan fingerprint density at radius 2 is 2.15 bits per heavy atom. The van der Waals surface area contributed by atoms with Crippen LogP contribution in [0.5, 0.6) is 0 Å². The highest BCUT2D eigenvalue weighted by molar-refractivity contribution is 5.72. The van der Waals surface area contributed by atoms with Crippen molar-refractivity contribution in [1.29, 1.82) is 0 Å². The molecule has 0 bridgehead atoms. The van der Waals surface area contributed by atoms with Gasteiger partial charge in [0, 0.05) is 18.3 Å². The van der Waals surface area contributed by atoms with E-state index in [9.17, 15) is 9.90 Å². The molecule has 1 aliphatic carbocycles. The lowest BCUT2D eigenvalue weighted by atomic mass is 9.78. The smallest absolute Gasteiger partial charge is 0.308 e. The summed E-state index contributed by atoms with van der Waals surface area (Å²) in [7, 11) is 0. The molecule has 1 aromatic rings. The molecule has 3 heteroatoms. The first-order valence-electron chi connectivity index (χ1n) is 7.59. The second-order valence-electron chi connectivity index (χ2n) is 6.06. The van der Waals surface area contributed by atoms with E-state index < -0.39 is 5.97 Å². The van der Waals surface area contributed by atoms with E-state index in [1.165, 1.54) is 5.56 Å². The van der Waals surface area contributed by atoms with Crippen molar-refractivity contribution in [2.75, 3.05) is 11.4 Å². The van der Waals surface area contributed by atoms with E-state index in [1.807, 2.05) is 0 Å². The Balaban J connectivity index is 2.29. The number of rotatable bonds is 4. The number of aryl methyl sites for hydroxylation is 1. The number of hydrogen-bond acceptors (Lipinski definition) is 2. The van der Waals surface area contributed by atoms with Gasteiger partial charge in [-0.05, 0) is 56.7 Å². The molecule has 0 aromatic heterocycles. The number of carboxylic acid groups (broad SMARTS) is 1. The van der Waals surface area contributed by atoms with Crippen LogP contribution in [-0.4, -0.2) is 23.7 Å². The standard InChI is InChI=1S/C17H25NO2/c1-4-18(14-7-5-6-12(2)10-14)16-11-13(3)8-9-15(16)17(19)20/h5-7,10,13,15-16H,4,8-9,11H2,1-3H3,(H,19,20). The molecule has 1 saturated carbocycles. The molecule has 0 radical (unpaired) electrons. The van der Waals surface area contributed by atoms with Crippen LogP contribution >= 0.6 is 0 Å². The summed E-state index contributed by atoms with van der Waals surface area (Å²) < 4.78 is 0. The molecular formula is C17H25NO2. The highest BCUT2D eigenvalue weighted by Gasteiger charge is 2.36. The zero-order valence-electron chi connectivity index (χ0n) is 12.7. The second-order valence-corrected chi connectivity index (χ2v) is 6.06. The quantitative estimate of drug-likeness (QED) is 0.910. The first-order valence-corrected chi connectivity index (χ1v) is 7.59. The maximum absolute atomic E-state index is 11.6. The summed E-state index contributed by atoms with van der Waals surface area (Å²) >= 11 is 0. The van der Waals surface area contributed by atoms with Crippen molar-refractivity contribution in [2.45, 2.75) is 46.1 Å². The fourth-order valence-corrected chi connectivity index (χ4v) is 3.40. The Morgan fingerprint density at radius 1 is 1.40 bits per heavy atom. The van der Waals surface area contributed by atoms with Crippen LogP contribution in [0.25, 0.3) is 0 Å². The topological polar surface area (TPSA) is 40.5 Å². The number of benzene rings is 1. The van der Waals surface area contributed by atoms with Gasteiger partial charge in [-0.1, -0.05) is 19.1 Å². The molecule has 0 spiro atoms. The largest absolute Gasteiger partial charge is 0.481 e. The minimum Gasteiger partial charge on any atom is -0.481 e. The molecular weight excluding hydrogens is 250 g/mol. The lowest BCUT2D eigenvalue weighted by Crippen LogP contribution is -2.47. The van der Waals surface area contributed by atoms with Crippen LogP contribution < -0.4 is 4.90 Å². The SMILES string of the molecule is CCN(c1cccc(C)c1)C1CC(C)CCC1C(=O)O. The van der Waals surface area contributed by atoms with Crippen LogP contribution in [0.1, 0.15) is 38.7 Å². The molecule has 3 nitrogen and oxygen atoms in total. The minimum atomic E-state index is -0.645. The highest BCUT2D eigenvalue weighted by atomic mass is 16.4. The molecule has 0 amide bonds. The van der Waals surface area contributed by atoms with Gasteiger partial charge < -0.3 is 10.0 Å². The van der Waals surface area contributed by atoms with Gasteiger partial charge in [-0.3, -0.25) is 4.79 Å². The Labute approximate surface area is 121 Å². The maximum Gasteiger partial charge on any atom is 0.308 e. The zero-order chi connectivity index (χ0) is 14.7. The molecule has 1 N–H and O–H groups in total. The van der Waals surface area contributed by atoms with E-state index in [0.29, 0.717) is 5.92 Å². The summed E-state index contributed by atoms with van der Waals surface area (Å²) in [5.74, 6) is -0.283. The summed E-state index contributed by atoms with van der Waals surface area (Å²) in [5, 5.41) is 9.51. The fourth-order valence-electron chi connectivity index (χ4n) is 3.40. The normalized spacial score (nSPS) is 26.2. The summed E-state index contributed by atoms with van der Waals surface area (Å²) in [6, 6.07) is 8.49.